The number of unbranched alkanes of at least 4 members (excludes halogenated alkanes) is 3. The van der Waals surface area contributed by atoms with Crippen LogP contribution in [0, 0.1) is 0 Å². The third-order valence-electron chi connectivity index (χ3n) is 3.35. The Balaban J connectivity index is 2.05. The van der Waals surface area contributed by atoms with Crippen LogP contribution in [0.4, 0.5) is 5.69 Å². The van der Waals surface area contributed by atoms with E-state index in [-0.39, 0.29) is 5.78 Å². The van der Waals surface area contributed by atoms with Crippen LogP contribution in [0.2, 0.25) is 0 Å². The van der Waals surface area contributed by atoms with E-state index < -0.39 is 0 Å². The molecule has 0 saturated heterocycles. The second-order valence-corrected chi connectivity index (χ2v) is 4.93. The van der Waals surface area contributed by atoms with E-state index in [9.17, 15) is 4.79 Å². The maximum atomic E-state index is 12.1. The Bertz CT molecular complexity index is 619. The molecule has 0 aliphatic carbocycles. The number of carbonyl (C=O) groups is 1. The number of fused-ring (bicyclic) bond motifs is 1. The quantitative estimate of drug-likeness (QED) is 0.466. The number of nitrogen functional groups attached to an aromatic ring is 1. The highest BCUT2D eigenvalue weighted by molar-refractivity contribution is 6.00. The summed E-state index contributed by atoms with van der Waals surface area (Å²) in [5.41, 5.74) is 7.86. The lowest BCUT2D eigenvalue weighted by atomic mass is 10.1. The highest BCUT2D eigenvalue weighted by Gasteiger charge is 2.10. The van der Waals surface area contributed by atoms with Gasteiger partial charge < -0.3 is 5.73 Å². The van der Waals surface area contributed by atoms with E-state index in [4.69, 9.17) is 5.73 Å². The number of ketones is 1. The summed E-state index contributed by atoms with van der Waals surface area (Å²) in [4.78, 5) is 16.5. The minimum absolute atomic E-state index is 0.0704. The summed E-state index contributed by atoms with van der Waals surface area (Å²) in [6.45, 7) is 3.69. The van der Waals surface area contributed by atoms with Crippen LogP contribution in [0.3, 0.4) is 0 Å². The van der Waals surface area contributed by atoms with Crippen LogP contribution in [-0.4, -0.2) is 10.8 Å². The average molecular weight is 268 g/mol. The number of anilines is 1. The van der Waals surface area contributed by atoms with E-state index in [0.29, 0.717) is 17.8 Å². The Hall–Kier alpha value is -2.16. The molecule has 0 bridgehead atoms. The highest BCUT2D eigenvalue weighted by atomic mass is 16.1. The van der Waals surface area contributed by atoms with Crippen molar-refractivity contribution >= 4 is 22.4 Å². The van der Waals surface area contributed by atoms with Gasteiger partial charge in [0.1, 0.15) is 5.69 Å². The van der Waals surface area contributed by atoms with Gasteiger partial charge in [-0.1, -0.05) is 30.7 Å². The average Bonchev–Trinajstić information content (AvgIpc) is 2.47. The molecule has 0 spiro atoms. The lowest BCUT2D eigenvalue weighted by Crippen LogP contribution is -2.04. The number of nitrogens with zero attached hydrogens (tertiary/aromatic N) is 1. The molecule has 104 valence electrons. The summed E-state index contributed by atoms with van der Waals surface area (Å²) in [6.07, 6.45) is 6.47. The number of rotatable bonds is 7. The molecule has 0 radical (unpaired) electrons. The number of allylic oxidation sites excluding steroid dienone is 1. The maximum absolute atomic E-state index is 12.1. The third-order valence-corrected chi connectivity index (χ3v) is 3.35. The first kappa shape index (κ1) is 14.3. The van der Waals surface area contributed by atoms with E-state index >= 15 is 0 Å². The van der Waals surface area contributed by atoms with E-state index in [0.717, 1.165) is 36.6 Å². The largest absolute Gasteiger partial charge is 0.398 e. The molecule has 2 rings (SSSR count). The van der Waals surface area contributed by atoms with Crippen LogP contribution < -0.4 is 5.73 Å². The topological polar surface area (TPSA) is 56.0 Å². The fourth-order valence-electron chi connectivity index (χ4n) is 2.22. The van der Waals surface area contributed by atoms with Crippen molar-refractivity contribution in [1.29, 1.82) is 0 Å². The molecule has 1 aromatic carbocycles. The second kappa shape index (κ2) is 6.85. The van der Waals surface area contributed by atoms with Gasteiger partial charge in [0.25, 0.3) is 0 Å². The van der Waals surface area contributed by atoms with Gasteiger partial charge in [-0.25, -0.2) is 4.98 Å². The zero-order valence-corrected chi connectivity index (χ0v) is 11.6. The van der Waals surface area contributed by atoms with Crippen LogP contribution in [0.5, 0.6) is 0 Å². The Kier molecular flexibility index (Phi) is 4.88. The number of para-hydroxylation sites is 1. The SMILES string of the molecule is C=CCCCCCC(=O)c1cc(N)c2ccccc2n1. The predicted molar refractivity (Wildman–Crippen MR) is 83.8 cm³/mol. The molecule has 0 atom stereocenters. The van der Waals surface area contributed by atoms with Crippen LogP contribution in [-0.2, 0) is 0 Å². The summed E-state index contributed by atoms with van der Waals surface area (Å²) in [5, 5.41) is 0.898. The molecule has 2 aromatic rings. The minimum Gasteiger partial charge on any atom is -0.398 e. The summed E-state index contributed by atoms with van der Waals surface area (Å²) in [6, 6.07) is 9.31. The summed E-state index contributed by atoms with van der Waals surface area (Å²) >= 11 is 0. The van der Waals surface area contributed by atoms with Crippen molar-refractivity contribution in [3.05, 3.63) is 48.7 Å². The summed E-state index contributed by atoms with van der Waals surface area (Å²) < 4.78 is 0. The number of pyridine rings is 1. The minimum atomic E-state index is 0.0704. The molecule has 0 saturated carbocycles. The first-order chi connectivity index (χ1) is 9.72. The van der Waals surface area contributed by atoms with Gasteiger partial charge in [0.15, 0.2) is 5.78 Å². The molecule has 1 aromatic heterocycles. The lowest BCUT2D eigenvalue weighted by Gasteiger charge is -2.05. The molecule has 0 fully saturated rings. The smallest absolute Gasteiger partial charge is 0.181 e. The van der Waals surface area contributed by atoms with Crippen molar-refractivity contribution in [2.45, 2.75) is 32.1 Å². The Labute approximate surface area is 119 Å². The standard InChI is InChI=1S/C17H20N2O/c1-2-3-4-5-6-11-17(20)16-12-14(18)13-9-7-8-10-15(13)19-16/h2,7-10,12H,1,3-6,11H2,(H2,18,19). The first-order valence-corrected chi connectivity index (χ1v) is 7.01. The van der Waals surface area contributed by atoms with Crippen LogP contribution in [0.1, 0.15) is 42.6 Å². The Morgan fingerprint density at radius 3 is 2.85 bits per heavy atom. The number of carbonyl (C=O) groups excluding carboxylic acids is 1. The fourth-order valence-corrected chi connectivity index (χ4v) is 2.22. The van der Waals surface area contributed by atoms with E-state index in [1.54, 1.807) is 6.07 Å². The van der Waals surface area contributed by atoms with Gasteiger partial charge in [0.05, 0.1) is 5.52 Å². The van der Waals surface area contributed by atoms with Gasteiger partial charge in [-0.3, -0.25) is 4.79 Å². The molecule has 3 heteroatoms. The van der Waals surface area contributed by atoms with Gasteiger partial charge in [0.2, 0.25) is 0 Å². The number of Topliss-reactive ketones (excluding diaryl/α,β-unsaturated/α-hetero) is 1. The van der Waals surface area contributed by atoms with E-state index in [2.05, 4.69) is 11.6 Å². The number of hydrogen-bond donors (Lipinski definition) is 1. The molecule has 2 N–H and O–H groups in total. The molecule has 0 amide bonds. The zero-order valence-electron chi connectivity index (χ0n) is 11.6. The zero-order chi connectivity index (χ0) is 14.4. The number of aromatic nitrogens is 1. The number of nitrogens with two attached hydrogens (primary N) is 1. The van der Waals surface area contributed by atoms with Gasteiger partial charge >= 0.3 is 0 Å². The lowest BCUT2D eigenvalue weighted by molar-refractivity contribution is 0.0975. The normalized spacial score (nSPS) is 10.6. The maximum Gasteiger partial charge on any atom is 0.181 e. The fraction of sp³-hybridized carbons (Fsp3) is 0.294. The van der Waals surface area contributed by atoms with Crippen LogP contribution in [0.25, 0.3) is 10.9 Å². The van der Waals surface area contributed by atoms with Crippen molar-refractivity contribution in [3.8, 4) is 0 Å². The molecular weight excluding hydrogens is 248 g/mol. The molecular formula is C17H20N2O. The molecule has 0 unspecified atom stereocenters. The number of benzene rings is 1. The molecule has 0 aliphatic rings. The molecule has 20 heavy (non-hydrogen) atoms. The predicted octanol–water partition coefficient (Wildman–Crippen LogP) is 4.14. The van der Waals surface area contributed by atoms with Crippen molar-refractivity contribution in [1.82, 2.24) is 4.98 Å². The molecule has 1 heterocycles. The van der Waals surface area contributed by atoms with Crippen LogP contribution in [0.15, 0.2) is 43.0 Å². The van der Waals surface area contributed by atoms with E-state index in [1.165, 1.54) is 0 Å². The summed E-state index contributed by atoms with van der Waals surface area (Å²) in [5.74, 6) is 0.0704. The third kappa shape index (κ3) is 3.44. The molecule has 3 nitrogen and oxygen atoms in total. The number of hydrogen-bond acceptors (Lipinski definition) is 3. The Morgan fingerprint density at radius 2 is 2.05 bits per heavy atom. The summed E-state index contributed by atoms with van der Waals surface area (Å²) in [7, 11) is 0. The van der Waals surface area contributed by atoms with Crippen molar-refractivity contribution in [3.63, 3.8) is 0 Å². The van der Waals surface area contributed by atoms with Crippen LogP contribution >= 0.6 is 0 Å². The second-order valence-electron chi connectivity index (χ2n) is 4.93. The van der Waals surface area contributed by atoms with Crippen molar-refractivity contribution in [2.24, 2.45) is 0 Å². The Morgan fingerprint density at radius 1 is 1.25 bits per heavy atom. The van der Waals surface area contributed by atoms with Gasteiger partial charge in [0, 0.05) is 17.5 Å². The van der Waals surface area contributed by atoms with Gasteiger partial charge in [-0.05, 0) is 31.4 Å². The van der Waals surface area contributed by atoms with E-state index in [1.807, 2.05) is 30.3 Å². The highest BCUT2D eigenvalue weighted by Crippen LogP contribution is 2.21. The van der Waals surface area contributed by atoms with Crippen molar-refractivity contribution in [2.75, 3.05) is 5.73 Å². The van der Waals surface area contributed by atoms with Crippen molar-refractivity contribution < 1.29 is 4.79 Å². The monoisotopic (exact) mass is 268 g/mol. The van der Waals surface area contributed by atoms with Gasteiger partial charge in [-0.15, -0.1) is 6.58 Å². The molecule has 0 aliphatic heterocycles. The van der Waals surface area contributed by atoms with Gasteiger partial charge in [-0.2, -0.15) is 0 Å². The first-order valence-electron chi connectivity index (χ1n) is 7.01.